The molecule has 0 aromatic heterocycles. The summed E-state index contributed by atoms with van der Waals surface area (Å²) in [5.74, 6) is 0.0167. The van der Waals surface area contributed by atoms with Gasteiger partial charge < -0.3 is 10.4 Å². The lowest BCUT2D eigenvalue weighted by molar-refractivity contribution is -0.123. The lowest BCUT2D eigenvalue weighted by Crippen LogP contribution is -2.35. The summed E-state index contributed by atoms with van der Waals surface area (Å²) in [6.45, 7) is 4.44. The molecule has 1 atom stereocenters. The van der Waals surface area contributed by atoms with E-state index in [4.69, 9.17) is 11.6 Å². The normalized spacial score (nSPS) is 17.9. The topological polar surface area (TPSA) is 49.3 Å². The van der Waals surface area contributed by atoms with E-state index >= 15 is 0 Å². The number of aliphatic hydroxyl groups excluding tert-OH is 1. The third-order valence-electron chi connectivity index (χ3n) is 4.08. The van der Waals surface area contributed by atoms with Crippen LogP contribution in [0.25, 0.3) is 0 Å². The van der Waals surface area contributed by atoms with Crippen LogP contribution in [-0.2, 0) is 10.2 Å². The van der Waals surface area contributed by atoms with Crippen molar-refractivity contribution in [3.8, 4) is 0 Å². The molecule has 0 aliphatic heterocycles. The van der Waals surface area contributed by atoms with Crippen molar-refractivity contribution in [3.63, 3.8) is 0 Å². The number of hydrogen-bond acceptors (Lipinski definition) is 2. The van der Waals surface area contributed by atoms with Crippen LogP contribution in [0.1, 0.15) is 38.7 Å². The van der Waals surface area contributed by atoms with Crippen molar-refractivity contribution >= 4 is 17.5 Å². The monoisotopic (exact) mass is 295 g/mol. The molecular formula is C16H22ClNO2. The van der Waals surface area contributed by atoms with Gasteiger partial charge in [0.05, 0.1) is 12.5 Å². The number of halogens is 1. The lowest BCUT2D eigenvalue weighted by atomic mass is 9.95. The first-order valence-corrected chi connectivity index (χ1v) is 7.51. The smallest absolute Gasteiger partial charge is 0.222 e. The summed E-state index contributed by atoms with van der Waals surface area (Å²) in [5, 5.41) is 13.4. The van der Waals surface area contributed by atoms with Crippen molar-refractivity contribution in [1.82, 2.24) is 5.32 Å². The summed E-state index contributed by atoms with van der Waals surface area (Å²) >= 11 is 6.02. The van der Waals surface area contributed by atoms with Gasteiger partial charge in [0, 0.05) is 17.0 Å². The van der Waals surface area contributed by atoms with Crippen LogP contribution in [0.4, 0.5) is 0 Å². The molecule has 110 valence electrons. The molecule has 0 heterocycles. The van der Waals surface area contributed by atoms with Crippen molar-refractivity contribution in [2.45, 2.75) is 44.6 Å². The van der Waals surface area contributed by atoms with Gasteiger partial charge in [0.15, 0.2) is 0 Å². The Bertz CT molecular complexity index is 483. The Balaban J connectivity index is 1.89. The van der Waals surface area contributed by atoms with Gasteiger partial charge in [-0.05, 0) is 36.5 Å². The van der Waals surface area contributed by atoms with Crippen LogP contribution in [0, 0.1) is 5.92 Å². The van der Waals surface area contributed by atoms with Gasteiger partial charge in [-0.1, -0.05) is 37.6 Å². The van der Waals surface area contributed by atoms with Crippen LogP contribution in [0.3, 0.4) is 0 Å². The van der Waals surface area contributed by atoms with Crippen molar-refractivity contribution < 1.29 is 9.90 Å². The maximum atomic E-state index is 11.8. The van der Waals surface area contributed by atoms with Crippen LogP contribution < -0.4 is 5.32 Å². The van der Waals surface area contributed by atoms with E-state index in [1.807, 2.05) is 32.0 Å². The number of rotatable bonds is 6. The Morgan fingerprint density at radius 3 is 2.70 bits per heavy atom. The Morgan fingerprint density at radius 2 is 2.15 bits per heavy atom. The van der Waals surface area contributed by atoms with E-state index in [2.05, 4.69) is 11.4 Å². The SMILES string of the molecule is CC(C)C(O)CC(=O)NCC1(c2cccc(Cl)c2)CC1. The van der Waals surface area contributed by atoms with Crippen LogP contribution in [0.2, 0.25) is 5.02 Å². The number of benzene rings is 1. The highest BCUT2D eigenvalue weighted by atomic mass is 35.5. The minimum atomic E-state index is -0.573. The second kappa shape index (κ2) is 6.15. The predicted octanol–water partition coefficient (Wildman–Crippen LogP) is 2.89. The Labute approximate surface area is 125 Å². The second-order valence-corrected chi connectivity index (χ2v) is 6.52. The minimum absolute atomic E-state index is 0.0450. The average Bonchev–Trinajstić information content (AvgIpc) is 3.17. The molecule has 1 aliphatic rings. The number of nitrogens with one attached hydrogen (secondary N) is 1. The number of hydrogen-bond donors (Lipinski definition) is 2. The summed E-state index contributed by atoms with van der Waals surface area (Å²) in [4.78, 5) is 11.8. The predicted molar refractivity (Wildman–Crippen MR) is 80.8 cm³/mol. The molecule has 1 aliphatic carbocycles. The fourth-order valence-corrected chi connectivity index (χ4v) is 2.49. The van der Waals surface area contributed by atoms with Gasteiger partial charge >= 0.3 is 0 Å². The van der Waals surface area contributed by atoms with Gasteiger partial charge in [-0.2, -0.15) is 0 Å². The van der Waals surface area contributed by atoms with Crippen LogP contribution >= 0.6 is 11.6 Å². The van der Waals surface area contributed by atoms with Gasteiger partial charge in [0.2, 0.25) is 5.91 Å². The summed E-state index contributed by atoms with van der Waals surface area (Å²) in [6, 6.07) is 7.85. The number of carbonyl (C=O) groups is 1. The van der Waals surface area contributed by atoms with E-state index in [0.29, 0.717) is 6.54 Å². The molecule has 20 heavy (non-hydrogen) atoms. The molecule has 1 amide bonds. The van der Waals surface area contributed by atoms with Crippen molar-refractivity contribution in [1.29, 1.82) is 0 Å². The van der Waals surface area contributed by atoms with Crippen LogP contribution in [0.5, 0.6) is 0 Å². The molecule has 1 unspecified atom stereocenters. The summed E-state index contributed by atoms with van der Waals surface area (Å²) in [5.41, 5.74) is 1.23. The van der Waals surface area contributed by atoms with E-state index in [0.717, 1.165) is 17.9 Å². The molecule has 2 rings (SSSR count). The van der Waals surface area contributed by atoms with Gasteiger partial charge in [-0.15, -0.1) is 0 Å². The first-order chi connectivity index (χ1) is 9.43. The molecular weight excluding hydrogens is 274 g/mol. The summed E-state index contributed by atoms with van der Waals surface area (Å²) in [6.07, 6.45) is 1.74. The standard InChI is InChI=1S/C16H22ClNO2/c1-11(2)14(19)9-15(20)18-10-16(6-7-16)12-4-3-5-13(17)8-12/h3-5,8,11,14,19H,6-7,9-10H2,1-2H3,(H,18,20). The maximum Gasteiger partial charge on any atom is 0.222 e. The average molecular weight is 296 g/mol. The lowest BCUT2D eigenvalue weighted by Gasteiger charge is -2.19. The third kappa shape index (κ3) is 3.74. The molecule has 0 saturated heterocycles. The second-order valence-electron chi connectivity index (χ2n) is 6.08. The molecule has 1 aromatic rings. The molecule has 1 fully saturated rings. The zero-order valence-electron chi connectivity index (χ0n) is 12.0. The third-order valence-corrected chi connectivity index (χ3v) is 4.31. The van der Waals surface area contributed by atoms with Gasteiger partial charge in [0.25, 0.3) is 0 Å². The highest BCUT2D eigenvalue weighted by Crippen LogP contribution is 2.48. The molecule has 4 heteroatoms. The first kappa shape index (κ1) is 15.3. The molecule has 3 nitrogen and oxygen atoms in total. The van der Waals surface area contributed by atoms with Crippen LogP contribution in [-0.4, -0.2) is 23.7 Å². The van der Waals surface area contributed by atoms with Crippen LogP contribution in [0.15, 0.2) is 24.3 Å². The van der Waals surface area contributed by atoms with Crippen molar-refractivity contribution in [2.75, 3.05) is 6.54 Å². The van der Waals surface area contributed by atoms with E-state index < -0.39 is 6.10 Å². The molecule has 0 radical (unpaired) electrons. The number of amides is 1. The molecule has 1 aromatic carbocycles. The minimum Gasteiger partial charge on any atom is -0.392 e. The zero-order valence-corrected chi connectivity index (χ0v) is 12.8. The molecule has 0 spiro atoms. The highest BCUT2D eigenvalue weighted by molar-refractivity contribution is 6.30. The van der Waals surface area contributed by atoms with Gasteiger partial charge in [-0.25, -0.2) is 0 Å². The zero-order chi connectivity index (χ0) is 14.8. The number of aliphatic hydroxyl groups is 1. The van der Waals surface area contributed by atoms with E-state index in [-0.39, 0.29) is 23.7 Å². The maximum absolute atomic E-state index is 11.8. The number of carbonyl (C=O) groups excluding carboxylic acids is 1. The quantitative estimate of drug-likeness (QED) is 0.848. The largest absolute Gasteiger partial charge is 0.392 e. The Kier molecular flexibility index (Phi) is 4.71. The highest BCUT2D eigenvalue weighted by Gasteiger charge is 2.44. The summed E-state index contributed by atoms with van der Waals surface area (Å²) < 4.78 is 0. The molecule has 0 bridgehead atoms. The van der Waals surface area contributed by atoms with Gasteiger partial charge in [-0.3, -0.25) is 4.79 Å². The molecule has 2 N–H and O–H groups in total. The first-order valence-electron chi connectivity index (χ1n) is 7.14. The molecule has 1 saturated carbocycles. The van der Waals surface area contributed by atoms with E-state index in [1.165, 1.54) is 5.56 Å². The Morgan fingerprint density at radius 1 is 1.45 bits per heavy atom. The van der Waals surface area contributed by atoms with Gasteiger partial charge in [0.1, 0.15) is 0 Å². The van der Waals surface area contributed by atoms with Crippen molar-refractivity contribution in [3.05, 3.63) is 34.9 Å². The van der Waals surface area contributed by atoms with E-state index in [9.17, 15) is 9.90 Å². The van der Waals surface area contributed by atoms with Crippen molar-refractivity contribution in [2.24, 2.45) is 5.92 Å². The fraction of sp³-hybridized carbons (Fsp3) is 0.562. The van der Waals surface area contributed by atoms with E-state index in [1.54, 1.807) is 0 Å². The summed E-state index contributed by atoms with van der Waals surface area (Å²) in [7, 11) is 0. The fourth-order valence-electron chi connectivity index (χ4n) is 2.30. The Hall–Kier alpha value is -1.06.